The lowest BCUT2D eigenvalue weighted by atomic mass is 9.46. The highest BCUT2D eigenvalue weighted by Crippen LogP contribution is 2.70. The number of aliphatic hydroxyl groups is 7. The molecule has 7 N–H and O–H groups in total. The van der Waals surface area contributed by atoms with Gasteiger partial charge in [-0.25, -0.2) is 0 Å². The summed E-state index contributed by atoms with van der Waals surface area (Å²) in [5.74, 6) is 2.15. The fourth-order valence-corrected chi connectivity index (χ4v) is 12.6. The van der Waals surface area contributed by atoms with Gasteiger partial charge in [-0.2, -0.15) is 0 Å². The molecule has 22 unspecified atom stereocenters. The summed E-state index contributed by atoms with van der Waals surface area (Å²) in [7, 11) is 0. The Morgan fingerprint density at radius 1 is 0.827 bits per heavy atom. The van der Waals surface area contributed by atoms with E-state index in [9.17, 15) is 35.7 Å². The van der Waals surface area contributed by atoms with E-state index in [1.54, 1.807) is 0 Å². The van der Waals surface area contributed by atoms with E-state index in [4.69, 9.17) is 28.4 Å². The maximum atomic E-state index is 12.1. The summed E-state index contributed by atoms with van der Waals surface area (Å²) >= 11 is 0. The summed E-state index contributed by atoms with van der Waals surface area (Å²) < 4.78 is 37.4. The second-order valence-corrected chi connectivity index (χ2v) is 18.3. The van der Waals surface area contributed by atoms with E-state index in [-0.39, 0.29) is 11.5 Å². The van der Waals surface area contributed by atoms with Crippen LogP contribution in [0.1, 0.15) is 86.0 Å². The third kappa shape index (κ3) is 5.74. The largest absolute Gasteiger partial charge is 0.394 e. The molecule has 296 valence electrons. The van der Waals surface area contributed by atoms with Crippen LogP contribution in [0.25, 0.3) is 0 Å². The van der Waals surface area contributed by atoms with Crippen molar-refractivity contribution < 1.29 is 64.2 Å². The first kappa shape index (κ1) is 38.1. The van der Waals surface area contributed by atoms with E-state index < -0.39 is 91.4 Å². The Morgan fingerprint density at radius 3 is 2.31 bits per heavy atom. The van der Waals surface area contributed by atoms with Gasteiger partial charge in [0.25, 0.3) is 0 Å². The Kier molecular flexibility index (Phi) is 10.0. The summed E-state index contributed by atoms with van der Waals surface area (Å²) in [4.78, 5) is 0. The predicted molar refractivity (Wildman–Crippen MR) is 183 cm³/mol. The molecule has 4 aliphatic heterocycles. The number of allylic oxidation sites excluding steroid dienone is 1. The van der Waals surface area contributed by atoms with Crippen LogP contribution in [0.4, 0.5) is 0 Å². The minimum Gasteiger partial charge on any atom is -0.394 e. The first-order valence-electron chi connectivity index (χ1n) is 19.9. The Hall–Kier alpha value is -0.780. The topological polar surface area (TPSA) is 197 Å². The summed E-state index contributed by atoms with van der Waals surface area (Å²) in [6.07, 6.45) is -5.63. The van der Waals surface area contributed by atoms with Gasteiger partial charge in [-0.15, -0.1) is 0 Å². The lowest BCUT2D eigenvalue weighted by molar-refractivity contribution is -0.370. The molecule has 1 spiro atoms. The molecule has 4 heterocycles. The van der Waals surface area contributed by atoms with Crippen molar-refractivity contribution in [3.05, 3.63) is 11.6 Å². The van der Waals surface area contributed by atoms with E-state index in [1.807, 2.05) is 0 Å². The molecule has 4 aliphatic carbocycles. The lowest BCUT2D eigenvalue weighted by Gasteiger charge is -2.60. The van der Waals surface area contributed by atoms with Crippen molar-refractivity contribution in [1.82, 2.24) is 0 Å². The van der Waals surface area contributed by atoms with E-state index in [2.05, 4.69) is 33.8 Å². The van der Waals surface area contributed by atoms with Gasteiger partial charge in [0, 0.05) is 24.2 Å². The Balaban J connectivity index is 0.985. The summed E-state index contributed by atoms with van der Waals surface area (Å²) in [5.41, 5.74) is 0.868. The van der Waals surface area contributed by atoms with Gasteiger partial charge in [-0.1, -0.05) is 39.3 Å². The molecule has 7 fully saturated rings. The van der Waals surface area contributed by atoms with Crippen molar-refractivity contribution >= 4 is 0 Å². The minimum absolute atomic E-state index is 0.150. The summed E-state index contributed by atoms with van der Waals surface area (Å²) in [5, 5.41) is 75.0. The number of ether oxygens (including phenoxy) is 6. The van der Waals surface area contributed by atoms with Crippen molar-refractivity contribution in [3.63, 3.8) is 0 Å². The van der Waals surface area contributed by atoms with Crippen molar-refractivity contribution in [3.8, 4) is 0 Å². The second-order valence-electron chi connectivity index (χ2n) is 18.3. The van der Waals surface area contributed by atoms with Crippen LogP contribution in [0.5, 0.6) is 0 Å². The quantitative estimate of drug-likeness (QED) is 0.200. The van der Waals surface area contributed by atoms with E-state index in [0.717, 1.165) is 50.7 Å². The van der Waals surface area contributed by atoms with Gasteiger partial charge in [0.1, 0.15) is 42.7 Å². The molecule has 0 amide bonds. The standard InChI is InChI=1S/C39H62O13/c1-17-8-11-39(47-16-17)18(2)28-25(52-39)14-24-22-7-6-20-12-21(13-27(41)38(20,5)23(22)9-10-37(24,28)4)49-36-34(32(45)30(43)26(15-40)50-36)51-35-33(46)31(44)29(42)19(3)48-35/h6,17-19,21-36,40-46H,7-16H2,1-5H3. The van der Waals surface area contributed by atoms with Gasteiger partial charge in [-0.3, -0.25) is 0 Å². The molecule has 13 nitrogen and oxygen atoms in total. The van der Waals surface area contributed by atoms with Gasteiger partial charge in [-0.05, 0) is 80.5 Å². The van der Waals surface area contributed by atoms with Crippen molar-refractivity contribution in [1.29, 1.82) is 0 Å². The van der Waals surface area contributed by atoms with Crippen LogP contribution in [0.15, 0.2) is 11.6 Å². The highest BCUT2D eigenvalue weighted by molar-refractivity contribution is 5.28. The van der Waals surface area contributed by atoms with Gasteiger partial charge >= 0.3 is 0 Å². The van der Waals surface area contributed by atoms with Crippen LogP contribution in [0.2, 0.25) is 0 Å². The molecule has 22 atom stereocenters. The highest BCUT2D eigenvalue weighted by atomic mass is 16.8. The summed E-state index contributed by atoms with van der Waals surface area (Å²) in [6.45, 7) is 11.0. The third-order valence-corrected chi connectivity index (χ3v) is 15.7. The molecule has 0 aromatic carbocycles. The van der Waals surface area contributed by atoms with Crippen molar-refractivity contribution in [2.45, 2.75) is 171 Å². The zero-order valence-corrected chi connectivity index (χ0v) is 31.2. The van der Waals surface area contributed by atoms with E-state index in [1.165, 1.54) is 6.92 Å². The molecule has 13 heteroatoms. The van der Waals surface area contributed by atoms with Gasteiger partial charge < -0.3 is 64.2 Å². The second kappa shape index (κ2) is 13.7. The first-order valence-corrected chi connectivity index (χ1v) is 19.9. The predicted octanol–water partition coefficient (Wildman–Crippen LogP) is 1.36. The molecule has 3 saturated carbocycles. The summed E-state index contributed by atoms with van der Waals surface area (Å²) in [6, 6.07) is 0. The van der Waals surface area contributed by atoms with Crippen LogP contribution in [0, 0.1) is 46.3 Å². The number of fused-ring (bicyclic) bond motifs is 7. The monoisotopic (exact) mass is 738 g/mol. The molecule has 0 aromatic heterocycles. The van der Waals surface area contributed by atoms with E-state index in [0.29, 0.717) is 48.3 Å². The normalized spacial score (nSPS) is 58.9. The fourth-order valence-electron chi connectivity index (χ4n) is 12.6. The highest BCUT2D eigenvalue weighted by Gasteiger charge is 2.69. The maximum absolute atomic E-state index is 12.1. The average Bonchev–Trinajstić information content (AvgIpc) is 3.56. The molecule has 8 aliphatic rings. The van der Waals surface area contributed by atoms with Crippen molar-refractivity contribution in [2.75, 3.05) is 13.2 Å². The maximum Gasteiger partial charge on any atom is 0.187 e. The Bertz CT molecular complexity index is 1340. The minimum atomic E-state index is -1.65. The first-order chi connectivity index (χ1) is 24.6. The lowest BCUT2D eigenvalue weighted by Crippen LogP contribution is -2.64. The van der Waals surface area contributed by atoms with Gasteiger partial charge in [0.15, 0.2) is 18.4 Å². The number of rotatable bonds is 5. The van der Waals surface area contributed by atoms with Crippen LogP contribution in [0.3, 0.4) is 0 Å². The average molecular weight is 739 g/mol. The van der Waals surface area contributed by atoms with Crippen LogP contribution in [-0.2, 0) is 28.4 Å². The molecule has 0 bridgehead atoms. The van der Waals surface area contributed by atoms with Gasteiger partial charge in [0.2, 0.25) is 0 Å². The van der Waals surface area contributed by atoms with Crippen LogP contribution >= 0.6 is 0 Å². The zero-order valence-electron chi connectivity index (χ0n) is 31.2. The molecular formula is C39H62O13. The number of hydrogen-bond acceptors (Lipinski definition) is 13. The molecule has 8 rings (SSSR count). The van der Waals surface area contributed by atoms with E-state index >= 15 is 0 Å². The number of hydrogen-bond donors (Lipinski definition) is 7. The fraction of sp³-hybridized carbons (Fsp3) is 0.949. The molecular weight excluding hydrogens is 676 g/mol. The molecule has 4 saturated heterocycles. The Labute approximate surface area is 306 Å². The van der Waals surface area contributed by atoms with Crippen LogP contribution < -0.4 is 0 Å². The smallest absolute Gasteiger partial charge is 0.187 e. The SMILES string of the molecule is CC1CCC2(OC1)OC1CC3C4CC=C5CC(OC6OC(CO)C(O)C(O)C6OC6OC(C)C(O)C(O)C6O)CC(O)C5(C)C4CCC3(C)C1C2C. The number of aliphatic hydroxyl groups excluding tert-OH is 7. The van der Waals surface area contributed by atoms with Gasteiger partial charge in [0.05, 0.1) is 37.6 Å². The molecule has 52 heavy (non-hydrogen) atoms. The third-order valence-electron chi connectivity index (χ3n) is 15.7. The van der Waals surface area contributed by atoms with Crippen LogP contribution in [-0.4, -0.2) is 134 Å². The molecule has 0 radical (unpaired) electrons. The zero-order chi connectivity index (χ0) is 37.1. The van der Waals surface area contributed by atoms with Crippen molar-refractivity contribution in [2.24, 2.45) is 46.3 Å². The molecule has 0 aromatic rings. The Morgan fingerprint density at radius 2 is 1.60 bits per heavy atom.